The van der Waals surface area contributed by atoms with Gasteiger partial charge in [-0.15, -0.1) is 11.6 Å². The predicted molar refractivity (Wildman–Crippen MR) is 23.8 cm³/mol. The van der Waals surface area contributed by atoms with E-state index in [9.17, 15) is 13.2 Å². The van der Waals surface area contributed by atoms with Gasteiger partial charge in [-0.1, -0.05) is 0 Å². The Morgan fingerprint density at radius 1 is 1.43 bits per heavy atom. The van der Waals surface area contributed by atoms with Crippen molar-refractivity contribution in [2.24, 2.45) is 0 Å². The molecule has 0 unspecified atom stereocenters. The van der Waals surface area contributed by atoms with Gasteiger partial charge in [0.2, 0.25) is 0 Å². The molecule has 0 aromatic rings. The summed E-state index contributed by atoms with van der Waals surface area (Å²) >= 11 is 4.59. The molecule has 0 fully saturated rings. The summed E-state index contributed by atoms with van der Waals surface area (Å²) in [6.45, 7) is 0. The van der Waals surface area contributed by atoms with Crippen LogP contribution in [0.25, 0.3) is 0 Å². The highest BCUT2D eigenvalue weighted by Crippen LogP contribution is 1.91. The van der Waals surface area contributed by atoms with Crippen LogP contribution in [0.5, 0.6) is 0 Å². The summed E-state index contributed by atoms with van der Waals surface area (Å²) in [6.07, 6.45) is -2.35. The van der Waals surface area contributed by atoms with Crippen molar-refractivity contribution in [1.29, 1.82) is 0 Å². The summed E-state index contributed by atoms with van der Waals surface area (Å²) in [6, 6.07) is 0. The first-order chi connectivity index (χ1) is 3.27. The minimum absolute atomic E-state index is 0.500. The SMILES string of the molecule is CF.FC(F)CCl. The molecule has 0 nitrogen and oxygen atoms in total. The van der Waals surface area contributed by atoms with E-state index in [4.69, 9.17) is 0 Å². The molecule has 7 heavy (non-hydrogen) atoms. The molecule has 0 bridgehead atoms. The van der Waals surface area contributed by atoms with E-state index in [1.807, 2.05) is 0 Å². The van der Waals surface area contributed by atoms with Crippen molar-refractivity contribution in [3.05, 3.63) is 0 Å². The van der Waals surface area contributed by atoms with Crippen LogP contribution in [-0.4, -0.2) is 19.5 Å². The van der Waals surface area contributed by atoms with E-state index >= 15 is 0 Å². The summed E-state index contributed by atoms with van der Waals surface area (Å²) in [5.41, 5.74) is 0. The number of alkyl halides is 4. The van der Waals surface area contributed by atoms with Gasteiger partial charge >= 0.3 is 0 Å². The van der Waals surface area contributed by atoms with Gasteiger partial charge in [0.15, 0.2) is 0 Å². The second kappa shape index (κ2) is 9.43. The van der Waals surface area contributed by atoms with Crippen molar-refractivity contribution in [2.75, 3.05) is 13.1 Å². The van der Waals surface area contributed by atoms with Crippen molar-refractivity contribution < 1.29 is 13.2 Å². The van der Waals surface area contributed by atoms with Crippen molar-refractivity contribution in [3.63, 3.8) is 0 Å². The average molecular weight is 135 g/mol. The molecular weight excluding hydrogens is 128 g/mol. The largest absolute Gasteiger partial charge is 0.255 e. The molecule has 0 heterocycles. The Morgan fingerprint density at radius 3 is 1.57 bits per heavy atom. The lowest BCUT2D eigenvalue weighted by atomic mass is 10.9. The molecule has 0 N–H and O–H groups in total. The van der Waals surface area contributed by atoms with Gasteiger partial charge in [-0.3, -0.25) is 4.39 Å². The zero-order valence-electron chi connectivity index (χ0n) is 3.80. The molecule has 4 heteroatoms. The van der Waals surface area contributed by atoms with Gasteiger partial charge in [-0.2, -0.15) is 0 Å². The van der Waals surface area contributed by atoms with Crippen LogP contribution in [0.3, 0.4) is 0 Å². The normalized spacial score (nSPS) is 7.71. The van der Waals surface area contributed by atoms with Gasteiger partial charge in [0.05, 0.1) is 13.1 Å². The van der Waals surface area contributed by atoms with Crippen molar-refractivity contribution in [2.45, 2.75) is 6.43 Å². The van der Waals surface area contributed by atoms with Crippen LogP contribution in [-0.2, 0) is 0 Å². The van der Waals surface area contributed by atoms with Crippen molar-refractivity contribution in [3.8, 4) is 0 Å². The first-order valence-electron chi connectivity index (χ1n) is 1.49. The highest BCUT2D eigenvalue weighted by Gasteiger charge is 1.93. The highest BCUT2D eigenvalue weighted by molar-refractivity contribution is 6.18. The van der Waals surface area contributed by atoms with E-state index in [0.29, 0.717) is 7.18 Å². The third-order valence-corrected chi connectivity index (χ3v) is 0.350. The summed E-state index contributed by atoms with van der Waals surface area (Å²) in [5, 5.41) is 0. The monoisotopic (exact) mass is 134 g/mol. The summed E-state index contributed by atoms with van der Waals surface area (Å²) in [7, 11) is 0.500. The lowest BCUT2D eigenvalue weighted by molar-refractivity contribution is 0.175. The molecule has 46 valence electrons. The first kappa shape index (κ1) is 10.1. The number of hydrogen-bond donors (Lipinski definition) is 0. The Morgan fingerprint density at radius 2 is 1.57 bits per heavy atom. The van der Waals surface area contributed by atoms with E-state index in [2.05, 4.69) is 11.6 Å². The Balaban J connectivity index is 0. The van der Waals surface area contributed by atoms with E-state index < -0.39 is 12.3 Å². The lowest BCUT2D eigenvalue weighted by Gasteiger charge is -1.79. The third-order valence-electron chi connectivity index (χ3n) is 0.117. The highest BCUT2D eigenvalue weighted by atomic mass is 35.5. The Kier molecular flexibility index (Phi) is 13.7. The first-order valence-corrected chi connectivity index (χ1v) is 2.02. The fourth-order valence-electron chi connectivity index (χ4n) is 0. The smallest absolute Gasteiger partial charge is 0.251 e. The molecule has 0 atom stereocenters. The van der Waals surface area contributed by atoms with Gasteiger partial charge in [-0.05, 0) is 0 Å². The molecule has 0 aliphatic heterocycles. The maximum Gasteiger partial charge on any atom is 0.251 e. The number of halogens is 4. The van der Waals surface area contributed by atoms with Gasteiger partial charge in [-0.25, -0.2) is 8.78 Å². The van der Waals surface area contributed by atoms with Gasteiger partial charge in [0, 0.05) is 0 Å². The van der Waals surface area contributed by atoms with Crippen LogP contribution < -0.4 is 0 Å². The van der Waals surface area contributed by atoms with E-state index in [1.54, 1.807) is 0 Å². The second-order valence-corrected chi connectivity index (χ2v) is 0.854. The summed E-state index contributed by atoms with van der Waals surface area (Å²) < 4.78 is 30.8. The van der Waals surface area contributed by atoms with E-state index in [0.717, 1.165) is 0 Å². The molecule has 0 aliphatic carbocycles. The molecule has 0 radical (unpaired) electrons. The summed E-state index contributed by atoms with van der Waals surface area (Å²) in [4.78, 5) is 0. The molecule has 0 saturated carbocycles. The molecular formula is C3H6ClF3. The van der Waals surface area contributed by atoms with Gasteiger partial charge in [0.25, 0.3) is 6.43 Å². The average Bonchev–Trinajstić information content (AvgIpc) is 1.73. The quantitative estimate of drug-likeness (QED) is 0.482. The zero-order valence-corrected chi connectivity index (χ0v) is 4.55. The fraction of sp³-hybridized carbons (Fsp3) is 1.00. The number of hydrogen-bond acceptors (Lipinski definition) is 0. The molecule has 0 spiro atoms. The maximum atomic E-state index is 10.6. The molecule has 0 saturated heterocycles. The van der Waals surface area contributed by atoms with Crippen LogP contribution in [0.15, 0.2) is 0 Å². The minimum Gasteiger partial charge on any atom is -0.255 e. The van der Waals surface area contributed by atoms with E-state index in [1.165, 1.54) is 0 Å². The fourth-order valence-corrected chi connectivity index (χ4v) is 0. The third kappa shape index (κ3) is 23.4. The van der Waals surface area contributed by atoms with Gasteiger partial charge in [0.1, 0.15) is 0 Å². The van der Waals surface area contributed by atoms with Crippen molar-refractivity contribution in [1.82, 2.24) is 0 Å². The minimum atomic E-state index is -2.35. The standard InChI is InChI=1S/C2H3ClF2.CH3F/c3-1-2(4)5;1-2/h2H,1H2;1H3. The zero-order chi connectivity index (χ0) is 6.28. The van der Waals surface area contributed by atoms with Crippen LogP contribution in [0.1, 0.15) is 0 Å². The molecule has 0 aromatic carbocycles. The van der Waals surface area contributed by atoms with Crippen LogP contribution in [0, 0.1) is 0 Å². The Labute approximate surface area is 45.3 Å². The van der Waals surface area contributed by atoms with Crippen LogP contribution in [0.4, 0.5) is 13.2 Å². The maximum absolute atomic E-state index is 10.6. The topological polar surface area (TPSA) is 0 Å². The Hall–Kier alpha value is 0.0800. The molecule has 0 aromatic heterocycles. The number of rotatable bonds is 1. The Bertz CT molecular complexity index is 24.1. The van der Waals surface area contributed by atoms with E-state index in [-0.39, 0.29) is 0 Å². The second-order valence-electron chi connectivity index (χ2n) is 0.545. The van der Waals surface area contributed by atoms with Gasteiger partial charge < -0.3 is 0 Å². The summed E-state index contributed by atoms with van der Waals surface area (Å²) in [5.74, 6) is -0.556. The molecule has 0 amide bonds. The molecule has 0 aliphatic rings. The van der Waals surface area contributed by atoms with Crippen LogP contribution in [0.2, 0.25) is 0 Å². The lowest BCUT2D eigenvalue weighted by Crippen LogP contribution is -1.87. The predicted octanol–water partition coefficient (Wildman–Crippen LogP) is 2.08. The molecule has 0 rings (SSSR count). The van der Waals surface area contributed by atoms with Crippen LogP contribution >= 0.6 is 11.6 Å². The van der Waals surface area contributed by atoms with Crippen molar-refractivity contribution >= 4 is 11.6 Å².